The summed E-state index contributed by atoms with van der Waals surface area (Å²) < 4.78 is 5.04. The Morgan fingerprint density at radius 1 is 1.20 bits per heavy atom. The van der Waals surface area contributed by atoms with Gasteiger partial charge in [-0.1, -0.05) is 60.1 Å². The van der Waals surface area contributed by atoms with Crippen LogP contribution in [0, 0.1) is 0 Å². The number of hydrogen-bond acceptors (Lipinski definition) is 4. The number of carbonyl (C=O) groups excluding carboxylic acids is 1. The molecule has 25 heavy (non-hydrogen) atoms. The lowest BCUT2D eigenvalue weighted by Gasteiger charge is -2.29. The SMILES string of the molecule is C=CCN1[C@@H](c2ccc(Cl)cc2)N[C@H](C(=O)OC)[C@H]1c1ccccc1. The van der Waals surface area contributed by atoms with Crippen molar-refractivity contribution in [2.75, 3.05) is 13.7 Å². The molecule has 1 aliphatic heterocycles. The summed E-state index contributed by atoms with van der Waals surface area (Å²) in [6.45, 7) is 4.51. The summed E-state index contributed by atoms with van der Waals surface area (Å²) in [5.41, 5.74) is 2.10. The number of carbonyl (C=O) groups is 1. The third kappa shape index (κ3) is 3.61. The molecule has 0 aromatic heterocycles. The predicted molar refractivity (Wildman–Crippen MR) is 99.2 cm³/mol. The molecule has 2 aromatic rings. The topological polar surface area (TPSA) is 41.6 Å². The Bertz CT molecular complexity index is 733. The monoisotopic (exact) mass is 356 g/mol. The highest BCUT2D eigenvalue weighted by Gasteiger charge is 2.45. The van der Waals surface area contributed by atoms with Crippen molar-refractivity contribution < 1.29 is 9.53 Å². The molecule has 1 N–H and O–H groups in total. The van der Waals surface area contributed by atoms with Crippen molar-refractivity contribution in [2.45, 2.75) is 18.2 Å². The molecule has 130 valence electrons. The molecule has 3 rings (SSSR count). The summed E-state index contributed by atoms with van der Waals surface area (Å²) in [7, 11) is 1.42. The van der Waals surface area contributed by atoms with E-state index >= 15 is 0 Å². The third-order valence-electron chi connectivity index (χ3n) is 4.46. The van der Waals surface area contributed by atoms with E-state index in [1.54, 1.807) is 0 Å². The third-order valence-corrected chi connectivity index (χ3v) is 4.72. The quantitative estimate of drug-likeness (QED) is 0.655. The Hall–Kier alpha value is -2.14. The molecule has 0 amide bonds. The number of benzene rings is 2. The van der Waals surface area contributed by atoms with Gasteiger partial charge in [-0.2, -0.15) is 0 Å². The van der Waals surface area contributed by atoms with E-state index < -0.39 is 6.04 Å². The first-order valence-corrected chi connectivity index (χ1v) is 8.54. The van der Waals surface area contributed by atoms with E-state index in [1.165, 1.54) is 7.11 Å². The number of ether oxygens (including phenoxy) is 1. The summed E-state index contributed by atoms with van der Waals surface area (Å²) in [6, 6.07) is 17.0. The van der Waals surface area contributed by atoms with E-state index in [4.69, 9.17) is 16.3 Å². The number of hydrogen-bond donors (Lipinski definition) is 1. The van der Waals surface area contributed by atoms with Gasteiger partial charge in [0.25, 0.3) is 0 Å². The van der Waals surface area contributed by atoms with Crippen molar-refractivity contribution in [1.82, 2.24) is 10.2 Å². The average molecular weight is 357 g/mol. The molecular formula is C20H21ClN2O2. The maximum absolute atomic E-state index is 12.4. The van der Waals surface area contributed by atoms with Crippen molar-refractivity contribution in [3.63, 3.8) is 0 Å². The zero-order valence-electron chi connectivity index (χ0n) is 14.1. The van der Waals surface area contributed by atoms with Crippen LogP contribution in [-0.4, -0.2) is 30.6 Å². The van der Waals surface area contributed by atoms with Gasteiger partial charge < -0.3 is 4.74 Å². The van der Waals surface area contributed by atoms with E-state index in [0.717, 1.165) is 11.1 Å². The Labute approximate surface area is 153 Å². The van der Waals surface area contributed by atoms with Gasteiger partial charge in [-0.3, -0.25) is 15.0 Å². The Morgan fingerprint density at radius 2 is 1.88 bits per heavy atom. The van der Waals surface area contributed by atoms with E-state index in [2.05, 4.69) is 16.8 Å². The summed E-state index contributed by atoms with van der Waals surface area (Å²) >= 11 is 6.02. The van der Waals surface area contributed by atoms with Crippen LogP contribution in [0.5, 0.6) is 0 Å². The number of methoxy groups -OCH3 is 1. The van der Waals surface area contributed by atoms with Crippen LogP contribution in [-0.2, 0) is 9.53 Å². The van der Waals surface area contributed by atoms with Gasteiger partial charge in [0, 0.05) is 11.6 Å². The predicted octanol–water partition coefficient (Wildman–Crippen LogP) is 3.71. The van der Waals surface area contributed by atoms with Crippen LogP contribution in [0.4, 0.5) is 0 Å². The first-order valence-electron chi connectivity index (χ1n) is 8.16. The number of rotatable bonds is 5. The van der Waals surface area contributed by atoms with Crippen molar-refractivity contribution in [3.05, 3.63) is 83.4 Å². The van der Waals surface area contributed by atoms with Crippen molar-refractivity contribution >= 4 is 17.6 Å². The highest BCUT2D eigenvalue weighted by molar-refractivity contribution is 6.30. The summed E-state index contributed by atoms with van der Waals surface area (Å²) in [6.07, 6.45) is 1.71. The van der Waals surface area contributed by atoms with Crippen molar-refractivity contribution in [2.24, 2.45) is 0 Å². The summed E-state index contributed by atoms with van der Waals surface area (Å²) in [5.74, 6) is -0.278. The van der Waals surface area contributed by atoms with Crippen LogP contribution in [0.2, 0.25) is 5.02 Å². The maximum Gasteiger partial charge on any atom is 0.324 e. The van der Waals surface area contributed by atoms with Gasteiger partial charge in [-0.25, -0.2) is 0 Å². The van der Waals surface area contributed by atoms with Gasteiger partial charge in [-0.15, -0.1) is 6.58 Å². The van der Waals surface area contributed by atoms with Crippen LogP contribution < -0.4 is 5.32 Å². The molecule has 0 saturated carbocycles. The zero-order chi connectivity index (χ0) is 17.8. The highest BCUT2D eigenvalue weighted by Crippen LogP contribution is 2.38. The molecule has 2 aromatic carbocycles. The van der Waals surface area contributed by atoms with E-state index in [0.29, 0.717) is 11.6 Å². The standard InChI is InChI=1S/C20H21ClN2O2/c1-3-13-23-18(14-7-5-4-6-8-14)17(20(24)25-2)22-19(23)15-9-11-16(21)12-10-15/h3-12,17-19,22H,1,13H2,2H3/t17-,18+,19-/m0/s1. The maximum atomic E-state index is 12.4. The Kier molecular flexibility index (Phi) is 5.53. The van der Waals surface area contributed by atoms with Crippen LogP contribution in [0.25, 0.3) is 0 Å². The van der Waals surface area contributed by atoms with Gasteiger partial charge in [0.2, 0.25) is 0 Å². The Balaban J connectivity index is 2.03. The number of nitrogens with zero attached hydrogens (tertiary/aromatic N) is 1. The molecule has 1 fully saturated rings. The van der Waals surface area contributed by atoms with Gasteiger partial charge in [0.15, 0.2) is 0 Å². The zero-order valence-corrected chi connectivity index (χ0v) is 14.8. The van der Waals surface area contributed by atoms with Crippen LogP contribution in [0.15, 0.2) is 67.3 Å². The molecule has 3 atom stereocenters. The summed E-state index contributed by atoms with van der Waals surface area (Å²) in [4.78, 5) is 14.6. The minimum atomic E-state index is -0.465. The molecule has 0 radical (unpaired) electrons. The second-order valence-electron chi connectivity index (χ2n) is 5.96. The molecule has 1 heterocycles. The second kappa shape index (κ2) is 7.83. The molecule has 1 aliphatic rings. The first kappa shape index (κ1) is 17.7. The smallest absolute Gasteiger partial charge is 0.324 e. The fourth-order valence-corrected chi connectivity index (χ4v) is 3.49. The van der Waals surface area contributed by atoms with Crippen molar-refractivity contribution in [1.29, 1.82) is 0 Å². The second-order valence-corrected chi connectivity index (χ2v) is 6.40. The fraction of sp³-hybridized carbons (Fsp3) is 0.250. The minimum Gasteiger partial charge on any atom is -0.468 e. The minimum absolute atomic E-state index is 0.135. The lowest BCUT2D eigenvalue weighted by atomic mass is 9.99. The van der Waals surface area contributed by atoms with Gasteiger partial charge in [0.05, 0.1) is 19.3 Å². The first-order chi connectivity index (χ1) is 12.2. The molecule has 0 unspecified atom stereocenters. The van der Waals surface area contributed by atoms with Crippen LogP contribution in [0.1, 0.15) is 23.3 Å². The largest absolute Gasteiger partial charge is 0.468 e. The normalized spacial score (nSPS) is 23.4. The lowest BCUT2D eigenvalue weighted by Crippen LogP contribution is -2.37. The molecule has 0 spiro atoms. The molecule has 4 nitrogen and oxygen atoms in total. The highest BCUT2D eigenvalue weighted by atomic mass is 35.5. The van der Waals surface area contributed by atoms with Gasteiger partial charge in [0.1, 0.15) is 6.04 Å². The molecule has 5 heteroatoms. The van der Waals surface area contributed by atoms with E-state index in [1.807, 2.05) is 60.7 Å². The van der Waals surface area contributed by atoms with Gasteiger partial charge >= 0.3 is 5.97 Å². The number of halogens is 1. The van der Waals surface area contributed by atoms with Crippen molar-refractivity contribution in [3.8, 4) is 0 Å². The van der Waals surface area contributed by atoms with Gasteiger partial charge in [-0.05, 0) is 23.3 Å². The molecule has 0 aliphatic carbocycles. The van der Waals surface area contributed by atoms with Crippen LogP contribution >= 0.6 is 11.6 Å². The molecular weight excluding hydrogens is 336 g/mol. The van der Waals surface area contributed by atoms with Crippen LogP contribution in [0.3, 0.4) is 0 Å². The average Bonchev–Trinajstić information content (AvgIpc) is 3.02. The fourth-order valence-electron chi connectivity index (χ4n) is 3.37. The van der Waals surface area contributed by atoms with E-state index in [-0.39, 0.29) is 18.2 Å². The number of nitrogens with one attached hydrogen (secondary N) is 1. The summed E-state index contributed by atoms with van der Waals surface area (Å²) in [5, 5.41) is 4.10. The number of esters is 1. The molecule has 1 saturated heterocycles. The lowest BCUT2D eigenvalue weighted by molar-refractivity contribution is -0.143. The Morgan fingerprint density at radius 3 is 2.48 bits per heavy atom. The van der Waals surface area contributed by atoms with E-state index in [9.17, 15) is 4.79 Å². The molecule has 0 bridgehead atoms.